The Morgan fingerprint density at radius 3 is 2.91 bits per heavy atom. The van der Waals surface area contributed by atoms with Gasteiger partial charge in [-0.3, -0.25) is 14.3 Å². The van der Waals surface area contributed by atoms with Crippen molar-refractivity contribution in [2.24, 2.45) is 7.05 Å². The maximum Gasteiger partial charge on any atom is 0.273 e. The van der Waals surface area contributed by atoms with E-state index in [1.165, 1.54) is 27.9 Å². The molecule has 3 aromatic heterocycles. The van der Waals surface area contributed by atoms with Crippen LogP contribution >= 0.6 is 0 Å². The molecule has 0 radical (unpaired) electrons. The minimum Gasteiger partial charge on any atom is -0.463 e. The van der Waals surface area contributed by atoms with Crippen LogP contribution in [0.4, 0.5) is 0 Å². The van der Waals surface area contributed by atoms with Crippen LogP contribution in [-0.2, 0) is 13.6 Å². The van der Waals surface area contributed by atoms with E-state index in [1.54, 1.807) is 25.2 Å². The Balaban J connectivity index is 1.65. The smallest absolute Gasteiger partial charge is 0.273 e. The average Bonchev–Trinajstić information content (AvgIpc) is 3.20. The Hall–Kier alpha value is -3.23. The molecule has 0 aliphatic rings. The second-order valence-electron chi connectivity index (χ2n) is 4.79. The number of hydrogen-bond donors (Lipinski definition) is 1. The number of carbonyl (C=O) groups is 1. The summed E-state index contributed by atoms with van der Waals surface area (Å²) in [6.45, 7) is 0.476. The largest absolute Gasteiger partial charge is 0.463 e. The van der Waals surface area contributed by atoms with Gasteiger partial charge >= 0.3 is 0 Å². The van der Waals surface area contributed by atoms with Gasteiger partial charge in [-0.25, -0.2) is 4.68 Å². The summed E-state index contributed by atoms with van der Waals surface area (Å²) in [5.41, 5.74) is 0.515. The maximum atomic E-state index is 11.8. The van der Waals surface area contributed by atoms with Crippen molar-refractivity contribution in [2.75, 3.05) is 6.54 Å². The summed E-state index contributed by atoms with van der Waals surface area (Å²) in [7, 11) is 1.67. The first-order chi connectivity index (χ1) is 11.1. The van der Waals surface area contributed by atoms with Gasteiger partial charge in [0.05, 0.1) is 19.0 Å². The molecule has 1 amide bonds. The van der Waals surface area contributed by atoms with Crippen LogP contribution in [0.15, 0.2) is 45.9 Å². The highest BCUT2D eigenvalue weighted by molar-refractivity contribution is 5.91. The van der Waals surface area contributed by atoms with Crippen molar-refractivity contribution >= 4 is 5.91 Å². The molecule has 0 spiro atoms. The van der Waals surface area contributed by atoms with E-state index in [2.05, 4.69) is 20.7 Å². The van der Waals surface area contributed by atoms with Crippen molar-refractivity contribution < 1.29 is 9.21 Å². The molecule has 1 N–H and O–H groups in total. The van der Waals surface area contributed by atoms with Crippen molar-refractivity contribution in [3.05, 3.63) is 52.8 Å². The first kappa shape index (κ1) is 14.7. The van der Waals surface area contributed by atoms with Gasteiger partial charge < -0.3 is 9.73 Å². The lowest BCUT2D eigenvalue weighted by atomic mass is 10.3. The van der Waals surface area contributed by atoms with Gasteiger partial charge in [0.2, 0.25) is 0 Å². The predicted molar refractivity (Wildman–Crippen MR) is 79.5 cm³/mol. The van der Waals surface area contributed by atoms with Gasteiger partial charge in [-0.1, -0.05) is 5.21 Å². The second-order valence-corrected chi connectivity index (χ2v) is 4.79. The lowest BCUT2D eigenvalue weighted by molar-refractivity contribution is 0.0946. The summed E-state index contributed by atoms with van der Waals surface area (Å²) >= 11 is 0. The molecular formula is C14H14N6O3. The summed E-state index contributed by atoms with van der Waals surface area (Å²) in [5, 5.41) is 14.3. The number of nitrogens with one attached hydrogen (secondary N) is 1. The molecule has 0 bridgehead atoms. The number of amides is 1. The van der Waals surface area contributed by atoms with E-state index in [4.69, 9.17) is 4.42 Å². The van der Waals surface area contributed by atoms with E-state index in [1.807, 2.05) is 0 Å². The SMILES string of the molecule is Cn1cc(C(=O)NCCn2nc(-c3ccco3)ccc2=O)nn1. The third-order valence-electron chi connectivity index (χ3n) is 3.08. The predicted octanol–water partition coefficient (Wildman–Crippen LogP) is 0.0618. The van der Waals surface area contributed by atoms with E-state index < -0.39 is 0 Å². The van der Waals surface area contributed by atoms with Crippen LogP contribution in [-0.4, -0.2) is 37.2 Å². The van der Waals surface area contributed by atoms with E-state index >= 15 is 0 Å². The number of nitrogens with zero attached hydrogens (tertiary/aromatic N) is 5. The second kappa shape index (κ2) is 6.26. The van der Waals surface area contributed by atoms with Gasteiger partial charge in [-0.2, -0.15) is 5.10 Å². The average molecular weight is 314 g/mol. The fourth-order valence-corrected chi connectivity index (χ4v) is 1.98. The maximum absolute atomic E-state index is 11.8. The summed E-state index contributed by atoms with van der Waals surface area (Å²) in [5.74, 6) is 0.218. The van der Waals surface area contributed by atoms with Crippen molar-refractivity contribution in [3.63, 3.8) is 0 Å². The zero-order chi connectivity index (χ0) is 16.2. The number of hydrogen-bond acceptors (Lipinski definition) is 6. The van der Waals surface area contributed by atoms with E-state index in [0.717, 1.165) is 0 Å². The Kier molecular flexibility index (Phi) is 4.00. The van der Waals surface area contributed by atoms with E-state index in [-0.39, 0.29) is 30.2 Å². The molecule has 23 heavy (non-hydrogen) atoms. The molecular weight excluding hydrogens is 300 g/mol. The van der Waals surface area contributed by atoms with Crippen LogP contribution in [0.5, 0.6) is 0 Å². The Labute approximate surface area is 130 Å². The standard InChI is InChI=1S/C14H14N6O3/c1-19-9-11(16-18-19)14(22)15-6-7-20-13(21)5-4-10(17-20)12-3-2-8-23-12/h2-5,8-9H,6-7H2,1H3,(H,15,22). The first-order valence-electron chi connectivity index (χ1n) is 6.90. The quantitative estimate of drug-likeness (QED) is 0.713. The van der Waals surface area contributed by atoms with E-state index in [9.17, 15) is 9.59 Å². The molecule has 0 fully saturated rings. The monoisotopic (exact) mass is 314 g/mol. The van der Waals surface area contributed by atoms with Crippen LogP contribution in [0.1, 0.15) is 10.5 Å². The number of furan rings is 1. The van der Waals surface area contributed by atoms with Gasteiger partial charge in [0.1, 0.15) is 5.69 Å². The number of carbonyl (C=O) groups excluding carboxylic acids is 1. The Bertz CT molecular complexity index is 865. The van der Waals surface area contributed by atoms with Crippen LogP contribution in [0, 0.1) is 0 Å². The zero-order valence-corrected chi connectivity index (χ0v) is 12.3. The summed E-state index contributed by atoms with van der Waals surface area (Å²) in [6, 6.07) is 6.51. The molecule has 3 aromatic rings. The molecule has 0 aliphatic heterocycles. The highest BCUT2D eigenvalue weighted by atomic mass is 16.3. The molecule has 0 saturated heterocycles. The van der Waals surface area contributed by atoms with E-state index in [0.29, 0.717) is 11.5 Å². The van der Waals surface area contributed by atoms with Crippen LogP contribution in [0.3, 0.4) is 0 Å². The van der Waals surface area contributed by atoms with Crippen molar-refractivity contribution in [3.8, 4) is 11.5 Å². The van der Waals surface area contributed by atoms with Gasteiger partial charge in [0, 0.05) is 19.7 Å². The molecule has 0 aromatic carbocycles. The van der Waals surface area contributed by atoms with Crippen LogP contribution in [0.2, 0.25) is 0 Å². The first-order valence-corrected chi connectivity index (χ1v) is 6.90. The fraction of sp³-hybridized carbons (Fsp3) is 0.214. The van der Waals surface area contributed by atoms with Crippen LogP contribution in [0.25, 0.3) is 11.5 Å². The molecule has 0 unspecified atom stereocenters. The van der Waals surface area contributed by atoms with Crippen molar-refractivity contribution in [1.82, 2.24) is 30.1 Å². The fourth-order valence-electron chi connectivity index (χ4n) is 1.98. The minimum atomic E-state index is -0.353. The number of aryl methyl sites for hydroxylation is 1. The Morgan fingerprint density at radius 1 is 1.35 bits per heavy atom. The summed E-state index contributed by atoms with van der Waals surface area (Å²) in [6.07, 6.45) is 3.05. The number of rotatable bonds is 5. The lowest BCUT2D eigenvalue weighted by Gasteiger charge is -2.06. The van der Waals surface area contributed by atoms with Gasteiger partial charge in [-0.05, 0) is 18.2 Å². The highest BCUT2D eigenvalue weighted by Crippen LogP contribution is 2.14. The third-order valence-corrected chi connectivity index (χ3v) is 3.08. The van der Waals surface area contributed by atoms with Gasteiger partial charge in [0.15, 0.2) is 11.5 Å². The molecule has 9 nitrogen and oxygen atoms in total. The molecule has 3 heterocycles. The molecule has 0 saturated carbocycles. The minimum absolute atomic E-state index is 0.220. The summed E-state index contributed by atoms with van der Waals surface area (Å²) < 4.78 is 7.96. The molecule has 0 atom stereocenters. The van der Waals surface area contributed by atoms with Crippen molar-refractivity contribution in [1.29, 1.82) is 0 Å². The molecule has 0 aliphatic carbocycles. The summed E-state index contributed by atoms with van der Waals surface area (Å²) in [4.78, 5) is 23.7. The van der Waals surface area contributed by atoms with Gasteiger partial charge in [0.25, 0.3) is 11.5 Å². The topological polar surface area (TPSA) is 108 Å². The number of aromatic nitrogens is 5. The molecule has 9 heteroatoms. The molecule has 118 valence electrons. The molecule has 3 rings (SSSR count). The normalized spacial score (nSPS) is 10.7. The van der Waals surface area contributed by atoms with Crippen LogP contribution < -0.4 is 10.9 Å². The zero-order valence-electron chi connectivity index (χ0n) is 12.3. The lowest BCUT2D eigenvalue weighted by Crippen LogP contribution is -2.32. The van der Waals surface area contributed by atoms with Gasteiger partial charge in [-0.15, -0.1) is 5.10 Å². The third kappa shape index (κ3) is 3.34. The Morgan fingerprint density at radius 2 is 2.22 bits per heavy atom. The van der Waals surface area contributed by atoms with Crippen molar-refractivity contribution in [2.45, 2.75) is 6.54 Å². The highest BCUT2D eigenvalue weighted by Gasteiger charge is 2.10.